The normalized spacial score (nSPS) is 12.1. The monoisotopic (exact) mass is 166 g/mol. The van der Waals surface area contributed by atoms with Crippen LogP contribution in [0.1, 0.15) is 19.8 Å². The molecule has 0 fully saturated rings. The van der Waals surface area contributed by atoms with Crippen molar-refractivity contribution in [1.29, 1.82) is 0 Å². The highest BCUT2D eigenvalue weighted by Crippen LogP contribution is 1.88. The van der Waals surface area contributed by atoms with E-state index in [2.05, 4.69) is 6.92 Å². The highest BCUT2D eigenvalue weighted by molar-refractivity contribution is 5.80. The third kappa shape index (κ3) is 8.69. The molecule has 0 aromatic carbocycles. The Kier molecular flexibility index (Phi) is 6.94. The smallest absolute Gasteiger partial charge is 0.328 e. The molecular weight excluding hydrogens is 152 g/mol. The Labute approximate surface area is 72.9 Å². The summed E-state index contributed by atoms with van der Waals surface area (Å²) >= 11 is 0. The van der Waals surface area contributed by atoms with Crippen LogP contribution >= 0.6 is 0 Å². The average Bonchev–Trinajstić information content (AvgIpc) is 2.02. The molecule has 2 heteroatoms. The van der Waals surface area contributed by atoms with Gasteiger partial charge in [0.05, 0.1) is 0 Å². The first-order valence-corrected chi connectivity index (χ1v) is 4.00. The van der Waals surface area contributed by atoms with Gasteiger partial charge in [0.1, 0.15) is 0 Å². The topological polar surface area (TPSA) is 37.3 Å². The van der Waals surface area contributed by atoms with Gasteiger partial charge < -0.3 is 5.11 Å². The molecule has 0 amide bonds. The highest BCUT2D eigenvalue weighted by atomic mass is 16.4. The number of hydrogen-bond acceptors (Lipinski definition) is 1. The molecule has 66 valence electrons. The number of rotatable bonds is 5. The van der Waals surface area contributed by atoms with Gasteiger partial charge in [-0.25, -0.2) is 4.79 Å². The maximum atomic E-state index is 10.00. The summed E-state index contributed by atoms with van der Waals surface area (Å²) < 4.78 is 0. The number of carboxylic acid groups (broad SMARTS) is 1. The van der Waals surface area contributed by atoms with Crippen molar-refractivity contribution in [3.05, 3.63) is 36.5 Å². The SMILES string of the molecule is CCC/C=C\C=C\C=CC(=O)O. The minimum Gasteiger partial charge on any atom is -0.478 e. The van der Waals surface area contributed by atoms with E-state index in [1.807, 2.05) is 18.2 Å². The maximum absolute atomic E-state index is 10.00. The van der Waals surface area contributed by atoms with Crippen molar-refractivity contribution in [1.82, 2.24) is 0 Å². The molecule has 0 unspecified atom stereocenters. The number of carbonyl (C=O) groups is 1. The Morgan fingerprint density at radius 2 is 1.92 bits per heavy atom. The van der Waals surface area contributed by atoms with Gasteiger partial charge in [0, 0.05) is 6.08 Å². The van der Waals surface area contributed by atoms with Crippen LogP contribution < -0.4 is 0 Å². The van der Waals surface area contributed by atoms with Crippen molar-refractivity contribution >= 4 is 5.97 Å². The lowest BCUT2D eigenvalue weighted by Gasteiger charge is -1.79. The molecule has 0 rings (SSSR count). The van der Waals surface area contributed by atoms with Crippen LogP contribution in [0.3, 0.4) is 0 Å². The van der Waals surface area contributed by atoms with Crippen molar-refractivity contribution in [3.8, 4) is 0 Å². The summed E-state index contributed by atoms with van der Waals surface area (Å²) in [6.45, 7) is 2.11. The fraction of sp³-hybridized carbons (Fsp3) is 0.300. The fourth-order valence-electron chi connectivity index (χ4n) is 0.608. The van der Waals surface area contributed by atoms with Crippen LogP contribution in [-0.4, -0.2) is 11.1 Å². The van der Waals surface area contributed by atoms with Crippen molar-refractivity contribution in [2.24, 2.45) is 0 Å². The van der Waals surface area contributed by atoms with Gasteiger partial charge in [0.25, 0.3) is 0 Å². The zero-order chi connectivity index (χ0) is 9.23. The van der Waals surface area contributed by atoms with E-state index in [-0.39, 0.29) is 0 Å². The molecule has 0 atom stereocenters. The largest absolute Gasteiger partial charge is 0.478 e. The van der Waals surface area contributed by atoms with Crippen LogP contribution in [0.5, 0.6) is 0 Å². The summed E-state index contributed by atoms with van der Waals surface area (Å²) in [4.78, 5) is 10.00. The van der Waals surface area contributed by atoms with Gasteiger partial charge in [-0.15, -0.1) is 0 Å². The lowest BCUT2D eigenvalue weighted by molar-refractivity contribution is -0.131. The summed E-state index contributed by atoms with van der Waals surface area (Å²) in [5.74, 6) is -0.919. The molecule has 0 heterocycles. The summed E-state index contributed by atoms with van der Waals surface area (Å²) in [7, 11) is 0. The fourth-order valence-corrected chi connectivity index (χ4v) is 0.608. The lowest BCUT2D eigenvalue weighted by atomic mass is 10.3. The van der Waals surface area contributed by atoms with Crippen LogP contribution in [0.15, 0.2) is 36.5 Å². The van der Waals surface area contributed by atoms with E-state index >= 15 is 0 Å². The van der Waals surface area contributed by atoms with Crippen molar-refractivity contribution < 1.29 is 9.90 Å². The van der Waals surface area contributed by atoms with Gasteiger partial charge in [-0.2, -0.15) is 0 Å². The molecule has 2 nitrogen and oxygen atoms in total. The molecule has 0 bridgehead atoms. The molecule has 0 radical (unpaired) electrons. The predicted octanol–water partition coefficient (Wildman–Crippen LogP) is 2.54. The summed E-state index contributed by atoms with van der Waals surface area (Å²) in [6, 6.07) is 0. The third-order valence-corrected chi connectivity index (χ3v) is 1.16. The van der Waals surface area contributed by atoms with E-state index < -0.39 is 5.97 Å². The molecule has 0 spiro atoms. The summed E-state index contributed by atoms with van der Waals surface area (Å²) in [5.41, 5.74) is 0. The Hall–Kier alpha value is -1.31. The Morgan fingerprint density at radius 3 is 2.50 bits per heavy atom. The second kappa shape index (κ2) is 7.79. The molecule has 0 aromatic rings. The lowest BCUT2D eigenvalue weighted by Crippen LogP contribution is -1.84. The minimum absolute atomic E-state index is 0.919. The molecule has 0 saturated heterocycles. The van der Waals surface area contributed by atoms with E-state index in [9.17, 15) is 4.79 Å². The second-order valence-electron chi connectivity index (χ2n) is 2.30. The van der Waals surface area contributed by atoms with E-state index in [1.165, 1.54) is 6.08 Å². The maximum Gasteiger partial charge on any atom is 0.328 e. The average molecular weight is 166 g/mol. The predicted molar refractivity (Wildman–Crippen MR) is 50.0 cm³/mol. The zero-order valence-corrected chi connectivity index (χ0v) is 7.23. The Balaban J connectivity index is 3.56. The van der Waals surface area contributed by atoms with Gasteiger partial charge in [-0.05, 0) is 6.42 Å². The van der Waals surface area contributed by atoms with Crippen molar-refractivity contribution in [2.75, 3.05) is 0 Å². The third-order valence-electron chi connectivity index (χ3n) is 1.16. The molecule has 0 aliphatic carbocycles. The van der Waals surface area contributed by atoms with Gasteiger partial charge in [0.2, 0.25) is 0 Å². The highest BCUT2D eigenvalue weighted by Gasteiger charge is 1.79. The van der Waals surface area contributed by atoms with Gasteiger partial charge in [0.15, 0.2) is 0 Å². The molecule has 0 aliphatic heterocycles. The number of hydrogen-bond donors (Lipinski definition) is 1. The number of aliphatic carboxylic acids is 1. The quantitative estimate of drug-likeness (QED) is 0.503. The first-order chi connectivity index (χ1) is 5.77. The van der Waals surface area contributed by atoms with E-state index in [4.69, 9.17) is 5.11 Å². The molecule has 0 aromatic heterocycles. The molecule has 0 aliphatic rings. The number of allylic oxidation sites excluding steroid dienone is 5. The van der Waals surface area contributed by atoms with Crippen molar-refractivity contribution in [2.45, 2.75) is 19.8 Å². The van der Waals surface area contributed by atoms with Crippen molar-refractivity contribution in [3.63, 3.8) is 0 Å². The van der Waals surface area contributed by atoms with Crippen LogP contribution in [0.2, 0.25) is 0 Å². The minimum atomic E-state index is -0.919. The number of unbranched alkanes of at least 4 members (excludes halogenated alkanes) is 1. The van der Waals surface area contributed by atoms with Crippen LogP contribution in [0, 0.1) is 0 Å². The Bertz CT molecular complexity index is 200. The van der Waals surface area contributed by atoms with Crippen LogP contribution in [0.25, 0.3) is 0 Å². The van der Waals surface area contributed by atoms with Gasteiger partial charge in [-0.3, -0.25) is 0 Å². The molecule has 1 N–H and O–H groups in total. The van der Waals surface area contributed by atoms with Gasteiger partial charge >= 0.3 is 5.97 Å². The van der Waals surface area contributed by atoms with E-state index in [0.29, 0.717) is 0 Å². The Morgan fingerprint density at radius 1 is 1.25 bits per heavy atom. The van der Waals surface area contributed by atoms with Gasteiger partial charge in [-0.1, -0.05) is 43.7 Å². The molecular formula is C10H14O2. The summed E-state index contributed by atoms with van der Waals surface area (Å²) in [5, 5.41) is 8.22. The van der Waals surface area contributed by atoms with Crippen LogP contribution in [-0.2, 0) is 4.79 Å². The second-order valence-corrected chi connectivity index (χ2v) is 2.30. The number of carboxylic acids is 1. The first-order valence-electron chi connectivity index (χ1n) is 4.00. The first kappa shape index (κ1) is 10.7. The van der Waals surface area contributed by atoms with Crippen LogP contribution in [0.4, 0.5) is 0 Å². The standard InChI is InChI=1S/C10H14O2/c1-2-3-4-5-6-7-8-9-10(11)12/h4-9H,2-3H2,1H3,(H,11,12)/b5-4-,7-6+,9-8?. The summed E-state index contributed by atoms with van der Waals surface area (Å²) in [6.07, 6.45) is 12.3. The molecule has 0 saturated carbocycles. The zero-order valence-electron chi connectivity index (χ0n) is 7.23. The van der Waals surface area contributed by atoms with E-state index in [1.54, 1.807) is 6.08 Å². The van der Waals surface area contributed by atoms with E-state index in [0.717, 1.165) is 18.9 Å². The molecule has 12 heavy (non-hydrogen) atoms.